The van der Waals surface area contributed by atoms with Crippen LogP contribution in [0.1, 0.15) is 66.1 Å². The van der Waals surface area contributed by atoms with Crippen molar-refractivity contribution in [2.75, 3.05) is 31.1 Å². The minimum atomic E-state index is -0.492. The van der Waals surface area contributed by atoms with Gasteiger partial charge in [0, 0.05) is 30.8 Å². The van der Waals surface area contributed by atoms with Crippen molar-refractivity contribution in [3.8, 4) is 0 Å². The van der Waals surface area contributed by atoms with E-state index in [0.29, 0.717) is 11.6 Å². The lowest BCUT2D eigenvalue weighted by molar-refractivity contribution is -0.122. The monoisotopic (exact) mass is 590 g/mol. The first-order valence-electron chi connectivity index (χ1n) is 16.0. The molecule has 0 aromatic heterocycles. The number of carbonyl (C=O) groups is 3. The molecule has 6 heteroatoms. The zero-order valence-electron chi connectivity index (χ0n) is 25.8. The number of para-hydroxylation sites is 1. The second-order valence-electron chi connectivity index (χ2n) is 13.0. The van der Waals surface area contributed by atoms with Gasteiger partial charge in [0.2, 0.25) is 11.8 Å². The molecule has 0 N–H and O–H groups in total. The molecule has 2 bridgehead atoms. The third-order valence-corrected chi connectivity index (χ3v) is 9.63. The number of esters is 1. The number of rotatable bonds is 9. The van der Waals surface area contributed by atoms with Gasteiger partial charge in [-0.15, -0.1) is 0 Å². The van der Waals surface area contributed by atoms with Gasteiger partial charge in [0.1, 0.15) is 6.61 Å². The normalized spacial score (nSPS) is 24.6. The topological polar surface area (TPSA) is 66.9 Å². The fraction of sp³-hybridized carbons (Fsp3) is 0.395. The standard InChI is InChI=1S/C38H42N2O4/c1-27-11-8-14-30(21-27)23-33-31-16-9-19-38(33,25-39(24-31)20-10-15-29-12-4-3-5-13-29)26-44-37(43)32-17-6-7-18-34(32)40-35(41)22-28(2)36(40)42/h3-8,11-14,17-18,21,23,28,31H,9-10,15-16,19-20,22,24-26H2,1-2H3/t28?,31-,38+/m1/s1. The Morgan fingerprint density at radius 2 is 1.82 bits per heavy atom. The van der Waals surface area contributed by atoms with Crippen molar-refractivity contribution in [2.45, 2.75) is 52.4 Å². The first kappa shape index (κ1) is 30.0. The summed E-state index contributed by atoms with van der Waals surface area (Å²) in [6.45, 7) is 6.98. The number of amides is 2. The van der Waals surface area contributed by atoms with Crippen LogP contribution in [0.15, 0.2) is 84.4 Å². The van der Waals surface area contributed by atoms with Gasteiger partial charge < -0.3 is 9.64 Å². The van der Waals surface area contributed by atoms with Crippen molar-refractivity contribution in [1.29, 1.82) is 0 Å². The van der Waals surface area contributed by atoms with Crippen molar-refractivity contribution in [1.82, 2.24) is 4.90 Å². The van der Waals surface area contributed by atoms with E-state index in [4.69, 9.17) is 4.74 Å². The summed E-state index contributed by atoms with van der Waals surface area (Å²) in [5, 5.41) is 0. The maximum atomic E-state index is 13.7. The summed E-state index contributed by atoms with van der Waals surface area (Å²) in [5.41, 5.74) is 5.43. The molecule has 3 aliphatic rings. The van der Waals surface area contributed by atoms with E-state index in [-0.39, 0.29) is 35.8 Å². The average molecular weight is 591 g/mol. The van der Waals surface area contributed by atoms with Crippen LogP contribution in [-0.2, 0) is 20.7 Å². The molecule has 44 heavy (non-hydrogen) atoms. The lowest BCUT2D eigenvalue weighted by atomic mass is 9.62. The molecule has 0 spiro atoms. The first-order valence-corrected chi connectivity index (χ1v) is 16.0. The SMILES string of the molecule is Cc1cccc(C=C2[C@@H]3CCC[C@@]2(COC(=O)c2ccccc2N2C(=O)CC(C)C2=O)CN(CCCc2ccccc2)C3)c1. The van der Waals surface area contributed by atoms with Gasteiger partial charge in [-0.25, -0.2) is 9.69 Å². The number of nitrogens with zero attached hydrogens (tertiary/aromatic N) is 2. The molecular weight excluding hydrogens is 548 g/mol. The predicted octanol–water partition coefficient (Wildman–Crippen LogP) is 6.87. The van der Waals surface area contributed by atoms with Gasteiger partial charge in [0.05, 0.1) is 11.3 Å². The molecular formula is C38H42N2O4. The Bertz CT molecular complexity index is 1560. The molecule has 228 valence electrons. The van der Waals surface area contributed by atoms with E-state index in [1.807, 2.05) is 0 Å². The van der Waals surface area contributed by atoms with Gasteiger partial charge in [-0.3, -0.25) is 9.59 Å². The molecule has 1 aliphatic carbocycles. The van der Waals surface area contributed by atoms with E-state index in [2.05, 4.69) is 72.5 Å². The number of piperidine rings is 1. The number of benzene rings is 3. The summed E-state index contributed by atoms with van der Waals surface area (Å²) in [5.74, 6) is -1.03. The van der Waals surface area contributed by atoms with Crippen LogP contribution in [0.2, 0.25) is 0 Å². The van der Waals surface area contributed by atoms with Crippen molar-refractivity contribution in [2.24, 2.45) is 17.3 Å². The third kappa shape index (κ3) is 6.27. The molecule has 2 aliphatic heterocycles. The molecule has 3 fully saturated rings. The van der Waals surface area contributed by atoms with E-state index in [0.717, 1.165) is 56.6 Å². The summed E-state index contributed by atoms with van der Waals surface area (Å²) in [4.78, 5) is 43.0. The number of carbonyl (C=O) groups excluding carboxylic acids is 3. The van der Waals surface area contributed by atoms with Gasteiger partial charge in [0.15, 0.2) is 0 Å². The van der Waals surface area contributed by atoms with E-state index in [1.54, 1.807) is 31.2 Å². The highest BCUT2D eigenvalue weighted by atomic mass is 16.5. The van der Waals surface area contributed by atoms with E-state index in [1.165, 1.54) is 22.3 Å². The Morgan fingerprint density at radius 1 is 1.02 bits per heavy atom. The van der Waals surface area contributed by atoms with Crippen LogP contribution in [0, 0.1) is 24.2 Å². The quantitative estimate of drug-likeness (QED) is 0.201. The second-order valence-corrected chi connectivity index (χ2v) is 13.0. The average Bonchev–Trinajstić information content (AvgIpc) is 3.27. The zero-order valence-corrected chi connectivity index (χ0v) is 25.8. The molecule has 3 aromatic rings. The van der Waals surface area contributed by atoms with E-state index >= 15 is 0 Å². The van der Waals surface area contributed by atoms with Crippen LogP contribution < -0.4 is 4.90 Å². The maximum Gasteiger partial charge on any atom is 0.340 e. The molecule has 2 amide bonds. The van der Waals surface area contributed by atoms with Gasteiger partial charge in [-0.05, 0) is 68.3 Å². The predicted molar refractivity (Wildman–Crippen MR) is 173 cm³/mol. The summed E-state index contributed by atoms with van der Waals surface area (Å²) in [6, 6.07) is 26.0. The van der Waals surface area contributed by atoms with Crippen LogP contribution in [0.5, 0.6) is 0 Å². The Morgan fingerprint density at radius 3 is 2.59 bits per heavy atom. The minimum absolute atomic E-state index is 0.153. The van der Waals surface area contributed by atoms with Crippen molar-refractivity contribution in [3.63, 3.8) is 0 Å². The molecule has 3 aromatic carbocycles. The van der Waals surface area contributed by atoms with Crippen LogP contribution in [0.4, 0.5) is 5.69 Å². The second kappa shape index (κ2) is 12.9. The summed E-state index contributed by atoms with van der Waals surface area (Å²) < 4.78 is 6.20. The van der Waals surface area contributed by atoms with Crippen molar-refractivity contribution in [3.05, 3.63) is 107 Å². The Balaban J connectivity index is 1.25. The molecule has 0 radical (unpaired) electrons. The van der Waals surface area contributed by atoms with Gasteiger partial charge in [-0.2, -0.15) is 0 Å². The van der Waals surface area contributed by atoms with Gasteiger partial charge in [-0.1, -0.05) is 97.3 Å². The number of anilines is 1. The number of ether oxygens (including phenoxy) is 1. The van der Waals surface area contributed by atoms with Gasteiger partial charge in [0.25, 0.3) is 0 Å². The van der Waals surface area contributed by atoms with Crippen LogP contribution in [0.25, 0.3) is 6.08 Å². The van der Waals surface area contributed by atoms with E-state index in [9.17, 15) is 14.4 Å². The van der Waals surface area contributed by atoms with Gasteiger partial charge >= 0.3 is 5.97 Å². The molecule has 2 saturated heterocycles. The number of fused-ring (bicyclic) bond motifs is 2. The summed E-state index contributed by atoms with van der Waals surface area (Å²) in [6.07, 6.45) is 7.79. The largest absolute Gasteiger partial charge is 0.461 e. The molecule has 3 atom stereocenters. The maximum absolute atomic E-state index is 13.7. The molecule has 1 saturated carbocycles. The van der Waals surface area contributed by atoms with Crippen molar-refractivity contribution >= 4 is 29.5 Å². The smallest absolute Gasteiger partial charge is 0.340 e. The lowest BCUT2D eigenvalue weighted by Crippen LogP contribution is -2.53. The first-order chi connectivity index (χ1) is 21.3. The lowest BCUT2D eigenvalue weighted by Gasteiger charge is -2.51. The Labute approximate surface area is 260 Å². The fourth-order valence-corrected chi connectivity index (χ4v) is 7.48. The number of hydrogen-bond acceptors (Lipinski definition) is 5. The third-order valence-electron chi connectivity index (χ3n) is 9.63. The number of aryl methyl sites for hydroxylation is 2. The zero-order chi connectivity index (χ0) is 30.7. The van der Waals surface area contributed by atoms with Crippen LogP contribution >= 0.6 is 0 Å². The number of hydrogen-bond donors (Lipinski definition) is 0. The van der Waals surface area contributed by atoms with Crippen LogP contribution in [0.3, 0.4) is 0 Å². The van der Waals surface area contributed by atoms with E-state index < -0.39 is 11.9 Å². The molecule has 1 unspecified atom stereocenters. The highest BCUT2D eigenvalue weighted by molar-refractivity contribution is 6.22. The molecule has 6 nitrogen and oxygen atoms in total. The number of likely N-dealkylation sites (tertiary alicyclic amines) is 1. The van der Waals surface area contributed by atoms with Crippen LogP contribution in [-0.4, -0.2) is 48.9 Å². The molecule has 6 rings (SSSR count). The summed E-state index contributed by atoms with van der Waals surface area (Å²) in [7, 11) is 0. The van der Waals surface area contributed by atoms with Crippen molar-refractivity contribution < 1.29 is 19.1 Å². The summed E-state index contributed by atoms with van der Waals surface area (Å²) >= 11 is 0. The fourth-order valence-electron chi connectivity index (χ4n) is 7.48. The highest BCUT2D eigenvalue weighted by Gasteiger charge is 2.47. The number of imide groups is 1. The molecule has 2 heterocycles. The Kier molecular flexibility index (Phi) is 8.81. The Hall–Kier alpha value is -4.03. The highest BCUT2D eigenvalue weighted by Crippen LogP contribution is 2.49. The minimum Gasteiger partial charge on any atom is -0.461 e.